The first-order valence-corrected chi connectivity index (χ1v) is 5.31. The number of aromatic nitrogens is 1. The van der Waals surface area contributed by atoms with Gasteiger partial charge in [-0.05, 0) is 30.2 Å². The monoisotopic (exact) mass is 227 g/mol. The molecule has 0 spiro atoms. The van der Waals surface area contributed by atoms with Crippen LogP contribution >= 0.6 is 0 Å². The van der Waals surface area contributed by atoms with Gasteiger partial charge in [-0.1, -0.05) is 17.7 Å². The molecule has 0 N–H and O–H groups in total. The quantitative estimate of drug-likeness (QED) is 0.757. The fraction of sp³-hybridized carbons (Fsp3) is 0.143. The van der Waals surface area contributed by atoms with Crippen LogP contribution in [-0.2, 0) is 0 Å². The fourth-order valence-corrected chi connectivity index (χ4v) is 1.73. The smallest absolute Gasteiger partial charge is 0.213 e. The largest absolute Gasteiger partial charge is 0.481 e. The van der Waals surface area contributed by atoms with Crippen LogP contribution in [0.2, 0.25) is 0 Å². The molecule has 0 amide bonds. The van der Waals surface area contributed by atoms with Gasteiger partial charge in [0.15, 0.2) is 6.29 Å². The van der Waals surface area contributed by atoms with Crippen LogP contribution in [0.1, 0.15) is 15.9 Å². The Morgan fingerprint density at radius 1 is 1.24 bits per heavy atom. The molecule has 0 radical (unpaired) electrons. The zero-order chi connectivity index (χ0) is 12.3. The van der Waals surface area contributed by atoms with Crippen LogP contribution in [0.3, 0.4) is 0 Å². The fourth-order valence-electron chi connectivity index (χ4n) is 1.73. The predicted octanol–water partition coefficient (Wildman–Crippen LogP) is 2.88. The van der Waals surface area contributed by atoms with Crippen LogP contribution in [0.25, 0.3) is 11.1 Å². The number of carbonyl (C=O) groups is 1. The van der Waals surface area contributed by atoms with Crippen molar-refractivity contribution in [2.75, 3.05) is 7.11 Å². The molecule has 0 bridgehead atoms. The second-order valence-corrected chi connectivity index (χ2v) is 3.80. The maximum Gasteiger partial charge on any atom is 0.213 e. The van der Waals surface area contributed by atoms with Gasteiger partial charge in [-0.2, -0.15) is 0 Å². The van der Waals surface area contributed by atoms with Crippen LogP contribution in [-0.4, -0.2) is 18.4 Å². The van der Waals surface area contributed by atoms with Crippen molar-refractivity contribution >= 4 is 6.29 Å². The molecule has 17 heavy (non-hydrogen) atoms. The van der Waals surface area contributed by atoms with Gasteiger partial charge in [0.05, 0.1) is 7.11 Å². The molecule has 0 unspecified atom stereocenters. The molecule has 86 valence electrons. The molecular weight excluding hydrogens is 214 g/mol. The first-order valence-electron chi connectivity index (χ1n) is 5.31. The number of hydrogen-bond donors (Lipinski definition) is 0. The minimum Gasteiger partial charge on any atom is -0.481 e. The maximum atomic E-state index is 11.1. The number of rotatable bonds is 3. The molecule has 3 heteroatoms. The molecule has 2 aromatic rings. The van der Waals surface area contributed by atoms with Gasteiger partial charge in [0, 0.05) is 17.8 Å². The average molecular weight is 227 g/mol. The summed E-state index contributed by atoms with van der Waals surface area (Å²) in [5.41, 5.74) is 3.57. The van der Waals surface area contributed by atoms with Crippen molar-refractivity contribution in [2.45, 2.75) is 6.92 Å². The lowest BCUT2D eigenvalue weighted by Crippen LogP contribution is -1.91. The van der Waals surface area contributed by atoms with E-state index in [4.69, 9.17) is 4.74 Å². The zero-order valence-corrected chi connectivity index (χ0v) is 9.81. The summed E-state index contributed by atoms with van der Waals surface area (Å²) < 4.78 is 5.07. The van der Waals surface area contributed by atoms with E-state index in [-0.39, 0.29) is 0 Å². The summed E-state index contributed by atoms with van der Waals surface area (Å²) in [7, 11) is 1.57. The molecular formula is C14H13NO2. The number of nitrogens with zero attached hydrogens (tertiary/aromatic N) is 1. The molecule has 0 aliphatic carbocycles. The van der Waals surface area contributed by atoms with E-state index in [9.17, 15) is 4.79 Å². The number of aldehydes is 1. The average Bonchev–Trinajstić information content (AvgIpc) is 2.38. The number of methoxy groups -OCH3 is 1. The Hall–Kier alpha value is -2.16. The Morgan fingerprint density at radius 3 is 2.76 bits per heavy atom. The zero-order valence-electron chi connectivity index (χ0n) is 9.81. The third-order valence-corrected chi connectivity index (χ3v) is 2.59. The Bertz CT molecular complexity index is 550. The summed E-state index contributed by atoms with van der Waals surface area (Å²) in [5.74, 6) is 0.542. The van der Waals surface area contributed by atoms with Gasteiger partial charge in [-0.25, -0.2) is 4.98 Å². The summed E-state index contributed by atoms with van der Waals surface area (Å²) in [6.45, 7) is 1.96. The lowest BCUT2D eigenvalue weighted by Gasteiger charge is -2.07. The lowest BCUT2D eigenvalue weighted by molar-refractivity contribution is 0.112. The predicted molar refractivity (Wildman–Crippen MR) is 66.3 cm³/mol. The van der Waals surface area contributed by atoms with E-state index in [1.807, 2.05) is 37.3 Å². The molecule has 0 atom stereocenters. The van der Waals surface area contributed by atoms with Crippen molar-refractivity contribution in [1.29, 1.82) is 0 Å². The van der Waals surface area contributed by atoms with Gasteiger partial charge in [0.1, 0.15) is 0 Å². The third-order valence-electron chi connectivity index (χ3n) is 2.59. The number of ether oxygens (including phenoxy) is 1. The molecule has 1 aromatic carbocycles. The summed E-state index contributed by atoms with van der Waals surface area (Å²) in [6.07, 6.45) is 2.54. The van der Waals surface area contributed by atoms with Crippen molar-refractivity contribution in [1.82, 2.24) is 4.98 Å². The van der Waals surface area contributed by atoms with Gasteiger partial charge >= 0.3 is 0 Å². The number of carbonyl (C=O) groups excluding carboxylic acids is 1. The molecule has 0 aliphatic rings. The van der Waals surface area contributed by atoms with E-state index in [1.54, 1.807) is 13.3 Å². The molecule has 1 heterocycles. The van der Waals surface area contributed by atoms with Gasteiger partial charge in [-0.15, -0.1) is 0 Å². The number of aryl methyl sites for hydroxylation is 1. The van der Waals surface area contributed by atoms with Crippen molar-refractivity contribution in [3.05, 3.63) is 47.7 Å². The minimum absolute atomic E-state index is 0.542. The summed E-state index contributed by atoms with van der Waals surface area (Å²) in [5, 5.41) is 0. The van der Waals surface area contributed by atoms with Gasteiger partial charge in [0.25, 0.3) is 0 Å². The van der Waals surface area contributed by atoms with E-state index in [0.717, 1.165) is 23.0 Å². The van der Waals surface area contributed by atoms with E-state index < -0.39 is 0 Å². The standard InChI is InChI=1S/C14H13NO2/c1-10-3-4-13(12(7-10)9-16)11-5-6-15-14(8-11)17-2/h3-9H,1-2H3. The highest BCUT2D eigenvalue weighted by Crippen LogP contribution is 2.25. The van der Waals surface area contributed by atoms with Gasteiger partial charge in [-0.3, -0.25) is 4.79 Å². The van der Waals surface area contributed by atoms with Crippen molar-refractivity contribution in [3.63, 3.8) is 0 Å². The van der Waals surface area contributed by atoms with E-state index in [0.29, 0.717) is 11.4 Å². The van der Waals surface area contributed by atoms with Gasteiger partial charge < -0.3 is 4.74 Å². The Kier molecular flexibility index (Phi) is 3.19. The third kappa shape index (κ3) is 2.33. The van der Waals surface area contributed by atoms with Gasteiger partial charge in [0.2, 0.25) is 5.88 Å². The Labute approximate surface area is 100 Å². The second kappa shape index (κ2) is 4.78. The first kappa shape index (κ1) is 11.3. The molecule has 2 rings (SSSR count). The van der Waals surface area contributed by atoms with Crippen molar-refractivity contribution in [3.8, 4) is 17.0 Å². The van der Waals surface area contributed by atoms with Crippen LogP contribution in [0.15, 0.2) is 36.5 Å². The SMILES string of the molecule is COc1cc(-c2ccc(C)cc2C=O)ccn1. The normalized spacial score (nSPS) is 10.0. The second-order valence-electron chi connectivity index (χ2n) is 3.80. The number of hydrogen-bond acceptors (Lipinski definition) is 3. The lowest BCUT2D eigenvalue weighted by atomic mass is 9.99. The number of pyridine rings is 1. The number of benzene rings is 1. The van der Waals surface area contributed by atoms with Crippen LogP contribution in [0.5, 0.6) is 5.88 Å². The highest BCUT2D eigenvalue weighted by molar-refractivity contribution is 5.87. The summed E-state index contributed by atoms with van der Waals surface area (Å²) in [4.78, 5) is 15.1. The Balaban J connectivity index is 2.55. The summed E-state index contributed by atoms with van der Waals surface area (Å²) in [6, 6.07) is 9.47. The first-order chi connectivity index (χ1) is 8.24. The van der Waals surface area contributed by atoms with Crippen LogP contribution < -0.4 is 4.74 Å². The van der Waals surface area contributed by atoms with Crippen LogP contribution in [0.4, 0.5) is 0 Å². The molecule has 0 saturated carbocycles. The Morgan fingerprint density at radius 2 is 2.06 bits per heavy atom. The van der Waals surface area contributed by atoms with Crippen molar-refractivity contribution < 1.29 is 9.53 Å². The highest BCUT2D eigenvalue weighted by atomic mass is 16.5. The van der Waals surface area contributed by atoms with E-state index in [2.05, 4.69) is 4.98 Å². The molecule has 1 aromatic heterocycles. The molecule has 0 fully saturated rings. The van der Waals surface area contributed by atoms with Crippen molar-refractivity contribution in [2.24, 2.45) is 0 Å². The maximum absolute atomic E-state index is 11.1. The molecule has 0 saturated heterocycles. The van der Waals surface area contributed by atoms with Crippen LogP contribution in [0, 0.1) is 6.92 Å². The summed E-state index contributed by atoms with van der Waals surface area (Å²) >= 11 is 0. The van der Waals surface area contributed by atoms with E-state index >= 15 is 0 Å². The minimum atomic E-state index is 0.542. The topological polar surface area (TPSA) is 39.2 Å². The highest BCUT2D eigenvalue weighted by Gasteiger charge is 2.06. The molecule has 3 nitrogen and oxygen atoms in total. The van der Waals surface area contributed by atoms with E-state index in [1.165, 1.54) is 0 Å². The molecule has 0 aliphatic heterocycles.